The Morgan fingerprint density at radius 3 is 3.19 bits per heavy atom. The van der Waals surface area contributed by atoms with Crippen molar-refractivity contribution in [3.05, 3.63) is 30.0 Å². The lowest BCUT2D eigenvalue weighted by Gasteiger charge is -1.92. The summed E-state index contributed by atoms with van der Waals surface area (Å²) in [6, 6.07) is 3.85. The third-order valence-electron chi connectivity index (χ3n) is 2.20. The summed E-state index contributed by atoms with van der Waals surface area (Å²) in [4.78, 5) is 4.40. The van der Waals surface area contributed by atoms with Crippen LogP contribution in [0, 0.1) is 0 Å². The van der Waals surface area contributed by atoms with Gasteiger partial charge in [-0.2, -0.15) is 5.10 Å². The van der Waals surface area contributed by atoms with Crippen LogP contribution in [0.3, 0.4) is 0 Å². The minimum absolute atomic E-state index is 0.787. The molecule has 0 amide bonds. The van der Waals surface area contributed by atoms with Gasteiger partial charge in [-0.3, -0.25) is 5.10 Å². The third kappa shape index (κ3) is 3.13. The van der Waals surface area contributed by atoms with Gasteiger partial charge in [0.2, 0.25) is 0 Å². The smallest absolute Gasteiger partial charge is 0.184 e. The minimum atomic E-state index is 0.787. The standard InChI is InChI=1S/C11H15N3OS/c1-2-3-6-10-12-11(14-13-10)16-8-9-5-4-7-15-9/h4-5,7H,2-3,6,8H2,1H3,(H,12,13,14). The largest absolute Gasteiger partial charge is 0.468 e. The molecule has 5 heteroatoms. The van der Waals surface area contributed by atoms with Gasteiger partial charge in [-0.25, -0.2) is 4.98 Å². The zero-order valence-corrected chi connectivity index (χ0v) is 10.1. The van der Waals surface area contributed by atoms with Crippen molar-refractivity contribution in [3.63, 3.8) is 0 Å². The van der Waals surface area contributed by atoms with Crippen LogP contribution < -0.4 is 0 Å². The summed E-state index contributed by atoms with van der Waals surface area (Å²) in [7, 11) is 0. The zero-order valence-electron chi connectivity index (χ0n) is 9.27. The van der Waals surface area contributed by atoms with Gasteiger partial charge >= 0.3 is 0 Å². The molecule has 0 aliphatic heterocycles. The first-order chi connectivity index (χ1) is 7.88. The number of nitrogens with zero attached hydrogens (tertiary/aromatic N) is 2. The first-order valence-electron chi connectivity index (χ1n) is 5.45. The number of rotatable bonds is 6. The zero-order chi connectivity index (χ0) is 11.2. The van der Waals surface area contributed by atoms with Crippen molar-refractivity contribution >= 4 is 11.8 Å². The maximum absolute atomic E-state index is 5.24. The number of hydrogen-bond donors (Lipinski definition) is 1. The van der Waals surface area contributed by atoms with E-state index in [2.05, 4.69) is 22.1 Å². The molecule has 0 aromatic carbocycles. The van der Waals surface area contributed by atoms with E-state index in [9.17, 15) is 0 Å². The summed E-state index contributed by atoms with van der Waals surface area (Å²) >= 11 is 1.61. The number of nitrogens with one attached hydrogen (secondary N) is 1. The fourth-order valence-electron chi connectivity index (χ4n) is 1.33. The maximum Gasteiger partial charge on any atom is 0.184 e. The van der Waals surface area contributed by atoms with Crippen LogP contribution in [-0.2, 0) is 12.2 Å². The topological polar surface area (TPSA) is 54.7 Å². The van der Waals surface area contributed by atoms with Crippen LogP contribution in [0.5, 0.6) is 0 Å². The minimum Gasteiger partial charge on any atom is -0.468 e. The van der Waals surface area contributed by atoms with Gasteiger partial charge in [-0.1, -0.05) is 25.1 Å². The second kappa shape index (κ2) is 5.75. The lowest BCUT2D eigenvalue weighted by Crippen LogP contribution is -1.86. The predicted octanol–water partition coefficient (Wildman–Crippen LogP) is 3.03. The van der Waals surface area contributed by atoms with Gasteiger partial charge in [-0.15, -0.1) is 0 Å². The highest BCUT2D eigenvalue weighted by atomic mass is 32.2. The van der Waals surface area contributed by atoms with Crippen LogP contribution in [0.4, 0.5) is 0 Å². The highest BCUT2D eigenvalue weighted by Crippen LogP contribution is 2.19. The van der Waals surface area contributed by atoms with Crippen molar-refractivity contribution in [2.24, 2.45) is 0 Å². The molecule has 2 rings (SSSR count). The molecule has 0 bridgehead atoms. The average Bonchev–Trinajstić information content (AvgIpc) is 2.95. The molecule has 1 N–H and O–H groups in total. The average molecular weight is 237 g/mol. The molecule has 2 aromatic heterocycles. The van der Waals surface area contributed by atoms with E-state index in [4.69, 9.17) is 4.42 Å². The van der Waals surface area contributed by atoms with E-state index >= 15 is 0 Å². The number of furan rings is 1. The van der Waals surface area contributed by atoms with Crippen LogP contribution in [-0.4, -0.2) is 15.2 Å². The quantitative estimate of drug-likeness (QED) is 0.785. The van der Waals surface area contributed by atoms with Crippen molar-refractivity contribution in [1.82, 2.24) is 15.2 Å². The number of aromatic nitrogens is 3. The molecule has 0 aliphatic rings. The molecule has 0 spiro atoms. The number of unbranched alkanes of at least 4 members (excludes halogenated alkanes) is 1. The van der Waals surface area contributed by atoms with Gasteiger partial charge in [0, 0.05) is 6.42 Å². The van der Waals surface area contributed by atoms with Gasteiger partial charge in [0.15, 0.2) is 11.0 Å². The molecule has 0 unspecified atom stereocenters. The lowest BCUT2D eigenvalue weighted by molar-refractivity contribution is 0.530. The summed E-state index contributed by atoms with van der Waals surface area (Å²) in [5, 5.41) is 7.97. The Bertz CT molecular complexity index is 411. The number of H-pyrrole nitrogens is 1. The van der Waals surface area contributed by atoms with Crippen molar-refractivity contribution in [1.29, 1.82) is 0 Å². The Morgan fingerprint density at radius 2 is 2.44 bits per heavy atom. The third-order valence-corrected chi connectivity index (χ3v) is 3.08. The first-order valence-corrected chi connectivity index (χ1v) is 6.43. The van der Waals surface area contributed by atoms with E-state index in [1.807, 2.05) is 12.1 Å². The van der Waals surface area contributed by atoms with Crippen molar-refractivity contribution in [2.75, 3.05) is 0 Å². The fraction of sp³-hybridized carbons (Fsp3) is 0.455. The van der Waals surface area contributed by atoms with Crippen LogP contribution >= 0.6 is 11.8 Å². The second-order valence-electron chi connectivity index (χ2n) is 3.53. The Balaban J connectivity index is 1.83. The molecule has 0 aliphatic carbocycles. The Hall–Kier alpha value is -1.23. The molecule has 0 atom stereocenters. The molecule has 0 fully saturated rings. The molecular weight excluding hydrogens is 222 g/mol. The summed E-state index contributed by atoms with van der Waals surface area (Å²) in [6.07, 6.45) is 4.95. The van der Waals surface area contributed by atoms with Gasteiger partial charge in [0.05, 0.1) is 12.0 Å². The molecule has 2 aromatic rings. The normalized spacial score (nSPS) is 10.8. The molecule has 0 radical (unpaired) electrons. The van der Waals surface area contributed by atoms with Gasteiger partial charge in [0.25, 0.3) is 0 Å². The van der Waals surface area contributed by atoms with Crippen LogP contribution in [0.1, 0.15) is 31.4 Å². The van der Waals surface area contributed by atoms with Gasteiger partial charge < -0.3 is 4.42 Å². The predicted molar refractivity (Wildman–Crippen MR) is 63.3 cm³/mol. The monoisotopic (exact) mass is 237 g/mol. The maximum atomic E-state index is 5.24. The summed E-state index contributed by atoms with van der Waals surface area (Å²) in [6.45, 7) is 2.17. The molecule has 0 saturated carbocycles. The van der Waals surface area contributed by atoms with E-state index in [-0.39, 0.29) is 0 Å². The molecule has 2 heterocycles. The van der Waals surface area contributed by atoms with E-state index in [1.54, 1.807) is 18.0 Å². The summed E-state index contributed by atoms with van der Waals surface area (Å²) in [5.74, 6) is 2.65. The highest BCUT2D eigenvalue weighted by Gasteiger charge is 2.04. The molecule has 0 saturated heterocycles. The van der Waals surface area contributed by atoms with Crippen LogP contribution in [0.25, 0.3) is 0 Å². The summed E-state index contributed by atoms with van der Waals surface area (Å²) in [5.41, 5.74) is 0. The van der Waals surface area contributed by atoms with Crippen molar-refractivity contribution in [2.45, 2.75) is 37.1 Å². The Morgan fingerprint density at radius 1 is 1.50 bits per heavy atom. The Kier molecular flexibility index (Phi) is 4.04. The molecule has 16 heavy (non-hydrogen) atoms. The highest BCUT2D eigenvalue weighted by molar-refractivity contribution is 7.98. The van der Waals surface area contributed by atoms with Crippen molar-refractivity contribution < 1.29 is 4.42 Å². The SMILES string of the molecule is CCCCc1n[nH]c(SCc2ccco2)n1. The van der Waals surface area contributed by atoms with Crippen LogP contribution in [0.15, 0.2) is 28.0 Å². The first kappa shape index (κ1) is 11.3. The van der Waals surface area contributed by atoms with Gasteiger partial charge in [0.1, 0.15) is 5.76 Å². The number of aryl methyl sites for hydroxylation is 1. The van der Waals surface area contributed by atoms with Crippen molar-refractivity contribution in [3.8, 4) is 0 Å². The fourth-order valence-corrected chi connectivity index (χ4v) is 2.05. The number of hydrogen-bond acceptors (Lipinski definition) is 4. The van der Waals surface area contributed by atoms with E-state index in [0.29, 0.717) is 0 Å². The number of aromatic amines is 1. The van der Waals surface area contributed by atoms with Crippen LogP contribution in [0.2, 0.25) is 0 Å². The Labute approximate surface area is 98.8 Å². The molecular formula is C11H15N3OS. The molecule has 4 nitrogen and oxygen atoms in total. The van der Waals surface area contributed by atoms with E-state index in [1.165, 1.54) is 6.42 Å². The lowest BCUT2D eigenvalue weighted by atomic mass is 10.2. The van der Waals surface area contributed by atoms with Gasteiger partial charge in [-0.05, 0) is 18.6 Å². The second-order valence-corrected chi connectivity index (χ2v) is 4.49. The summed E-state index contributed by atoms with van der Waals surface area (Å²) < 4.78 is 5.24. The van der Waals surface area contributed by atoms with E-state index < -0.39 is 0 Å². The molecule has 86 valence electrons. The van der Waals surface area contributed by atoms with E-state index in [0.717, 1.165) is 35.3 Å². The number of thioether (sulfide) groups is 1.